The minimum absolute atomic E-state index is 0.0464. The number of nitrogen functional groups attached to an aromatic ring is 1. The molecule has 0 spiro atoms. The standard InChI is InChI=1S/C24H29N9O10S2.C2HF3O2/c1-24(2)19(21(35)33(24)43-45(38,39)40)29-20(34)18(15-12-44-23(26)28-15)30-42-16(22(36)37)11-41-14-4-5-17(27-10-14)32-9-8-31(13-32)7-3-6-25;3-2(4,5)1(6)7/h4-5,8-10,12-13,16,19H,3,6-7,11,25H2,1-2H3,(H4-,26,28,29,34,36,37,38,39,40);(H,6,7)/b30-18-;/t16-,19+;/m0./s1. The van der Waals surface area contributed by atoms with Gasteiger partial charge < -0.3 is 41.1 Å². The van der Waals surface area contributed by atoms with Gasteiger partial charge in [-0.3, -0.25) is 9.59 Å². The third-order valence-corrected chi connectivity index (χ3v) is 7.59. The van der Waals surface area contributed by atoms with E-state index in [4.69, 9.17) is 30.9 Å². The van der Waals surface area contributed by atoms with Crippen LogP contribution in [-0.4, -0.2) is 109 Å². The number of amides is 2. The van der Waals surface area contributed by atoms with Crippen LogP contribution >= 0.6 is 11.3 Å². The Hall–Kier alpha value is -5.44. The molecular formula is C26H30F3N9O12S2. The number of alkyl halides is 3. The van der Waals surface area contributed by atoms with Crippen molar-refractivity contribution in [1.29, 1.82) is 0 Å². The molecule has 2 atom stereocenters. The number of nitrogens with two attached hydrogens (primary N) is 2. The zero-order valence-corrected chi connectivity index (χ0v) is 28.4. The third kappa shape index (κ3) is 11.0. The molecule has 284 valence electrons. The second-order valence-electron chi connectivity index (χ2n) is 10.8. The van der Waals surface area contributed by atoms with Crippen molar-refractivity contribution in [2.75, 3.05) is 18.9 Å². The predicted molar refractivity (Wildman–Crippen MR) is 166 cm³/mol. The quantitative estimate of drug-likeness (QED) is 0.0306. The van der Waals surface area contributed by atoms with E-state index in [-0.39, 0.29) is 16.6 Å². The number of carboxylic acids is 2. The van der Waals surface area contributed by atoms with Crippen LogP contribution in [0.3, 0.4) is 0 Å². The van der Waals surface area contributed by atoms with E-state index < -0.39 is 70.3 Å². The van der Waals surface area contributed by atoms with E-state index >= 15 is 0 Å². The zero-order chi connectivity index (χ0) is 39.0. The Morgan fingerprint density at radius 3 is 2.44 bits per heavy atom. The van der Waals surface area contributed by atoms with E-state index in [2.05, 4.69) is 24.7 Å². The summed E-state index contributed by atoms with van der Waals surface area (Å²) in [6, 6.07) is 1.88. The average molecular weight is 782 g/mol. The first kappa shape index (κ1) is 41.0. The third-order valence-electron chi connectivity index (χ3n) is 6.59. The number of pyridine rings is 1. The molecule has 0 radical (unpaired) electrons. The number of carbonyl (C=O) groups is 4. The Bertz CT molecular complexity index is 1900. The van der Waals surface area contributed by atoms with E-state index in [0.29, 0.717) is 17.4 Å². The highest BCUT2D eigenvalue weighted by Gasteiger charge is 2.57. The van der Waals surface area contributed by atoms with Gasteiger partial charge in [0.25, 0.3) is 17.9 Å². The van der Waals surface area contributed by atoms with Crippen molar-refractivity contribution in [3.63, 3.8) is 0 Å². The first-order chi connectivity index (χ1) is 24.1. The highest BCUT2D eigenvalue weighted by molar-refractivity contribution is 7.80. The van der Waals surface area contributed by atoms with Gasteiger partial charge in [-0.2, -0.15) is 27.1 Å². The number of anilines is 1. The lowest BCUT2D eigenvalue weighted by Gasteiger charge is -2.51. The van der Waals surface area contributed by atoms with Gasteiger partial charge in [0.1, 0.15) is 36.5 Å². The summed E-state index contributed by atoms with van der Waals surface area (Å²) in [5.41, 5.74) is 9.10. The Morgan fingerprint density at radius 1 is 1.27 bits per heavy atom. The predicted octanol–water partition coefficient (Wildman–Crippen LogP) is -1.07. The highest BCUT2D eigenvalue weighted by Crippen LogP contribution is 2.33. The lowest BCUT2D eigenvalue weighted by atomic mass is 9.84. The van der Waals surface area contributed by atoms with Crippen molar-refractivity contribution in [1.82, 2.24) is 24.9 Å². The first-order valence-electron chi connectivity index (χ1n) is 14.3. The van der Waals surface area contributed by atoms with Gasteiger partial charge in [0, 0.05) is 11.4 Å². The van der Waals surface area contributed by atoms with E-state index in [9.17, 15) is 45.6 Å². The number of thiazole rings is 1. The number of hydrogen-bond donors (Lipinski definition) is 5. The number of hydrogen-bond acceptors (Lipinski definition) is 16. The Balaban J connectivity index is 0.000000944. The number of ether oxygens (including phenoxy) is 1. The minimum Gasteiger partial charge on any atom is -0.724 e. The Morgan fingerprint density at radius 2 is 1.94 bits per heavy atom. The molecule has 2 amide bonds. The molecule has 52 heavy (non-hydrogen) atoms. The molecule has 1 aliphatic rings. The topological polar surface area (TPSA) is 308 Å². The number of nitrogens with zero attached hydrogens (tertiary/aromatic N) is 6. The number of imidazole rings is 1. The van der Waals surface area contributed by atoms with Crippen LogP contribution in [0.2, 0.25) is 0 Å². The molecule has 21 nitrogen and oxygen atoms in total. The van der Waals surface area contributed by atoms with Crippen molar-refractivity contribution in [2.24, 2.45) is 10.9 Å². The molecule has 1 saturated heterocycles. The molecule has 3 aromatic rings. The number of carbonyl (C=O) groups excluding carboxylic acids is 2. The molecule has 0 unspecified atom stereocenters. The summed E-state index contributed by atoms with van der Waals surface area (Å²) in [5.74, 6) is -5.51. The summed E-state index contributed by atoms with van der Waals surface area (Å²) in [6.07, 6.45) is 0.958. The largest absolute Gasteiger partial charge is 0.724 e. The molecule has 0 aliphatic carbocycles. The summed E-state index contributed by atoms with van der Waals surface area (Å²) < 4.78 is 78.0. The van der Waals surface area contributed by atoms with Crippen LogP contribution in [0.5, 0.6) is 5.75 Å². The molecule has 0 aromatic carbocycles. The van der Waals surface area contributed by atoms with Crippen LogP contribution in [0.4, 0.5) is 18.3 Å². The fourth-order valence-electron chi connectivity index (χ4n) is 4.00. The highest BCUT2D eigenvalue weighted by atomic mass is 32.3. The van der Waals surface area contributed by atoms with Gasteiger partial charge in [-0.25, -0.2) is 32.5 Å². The minimum atomic E-state index is -5.27. The van der Waals surface area contributed by atoms with Gasteiger partial charge in [-0.05, 0) is 32.9 Å². The normalized spacial score (nSPS) is 16.2. The fraction of sp³-hybridized carbons (Fsp3) is 0.385. The van der Waals surface area contributed by atoms with Crippen molar-refractivity contribution in [3.05, 3.63) is 48.1 Å². The number of nitrogens with one attached hydrogen (secondary N) is 1. The Labute approximate surface area is 295 Å². The number of aliphatic carboxylic acids is 2. The maximum absolute atomic E-state index is 13.2. The number of oxime groups is 1. The summed E-state index contributed by atoms with van der Waals surface area (Å²) in [4.78, 5) is 59.8. The van der Waals surface area contributed by atoms with E-state index in [1.54, 1.807) is 16.7 Å². The summed E-state index contributed by atoms with van der Waals surface area (Å²) >= 11 is 0.946. The molecule has 4 heterocycles. The molecule has 4 rings (SSSR count). The number of hydroxylamine groups is 2. The SMILES string of the molecule is CC1(C)[C@H](NC(=O)/C(=N\O[C@@H](COc2ccc(-n3cc[n+](CCCN)c3)nc2)C(=O)O)c2csc(N)n2)C(=O)N1OS(=O)(=O)[O-].O=C(O)C(F)(F)F. The molecule has 1 fully saturated rings. The monoisotopic (exact) mass is 781 g/mol. The Kier molecular flexibility index (Phi) is 13.2. The second-order valence-corrected chi connectivity index (χ2v) is 12.6. The lowest BCUT2D eigenvalue weighted by molar-refractivity contribution is -0.696. The maximum Gasteiger partial charge on any atom is 0.490 e. The van der Waals surface area contributed by atoms with Crippen LogP contribution in [-0.2, 0) is 45.2 Å². The number of carboxylic acid groups (broad SMARTS) is 2. The van der Waals surface area contributed by atoms with Gasteiger partial charge in [-0.15, -0.1) is 11.3 Å². The van der Waals surface area contributed by atoms with Gasteiger partial charge in [0.05, 0.1) is 18.3 Å². The van der Waals surface area contributed by atoms with E-state index in [1.807, 2.05) is 23.3 Å². The van der Waals surface area contributed by atoms with Gasteiger partial charge in [-0.1, -0.05) is 5.16 Å². The van der Waals surface area contributed by atoms with Crippen LogP contribution in [0.1, 0.15) is 26.0 Å². The molecule has 26 heteroatoms. The van der Waals surface area contributed by atoms with Crippen molar-refractivity contribution < 1.29 is 74.0 Å². The number of β-lactam (4-membered cyclic amide) rings is 1. The second kappa shape index (κ2) is 16.7. The van der Waals surface area contributed by atoms with Gasteiger partial charge in [0.15, 0.2) is 10.8 Å². The number of halogens is 3. The van der Waals surface area contributed by atoms with Gasteiger partial charge in [0.2, 0.25) is 22.5 Å². The van der Waals surface area contributed by atoms with Crippen LogP contribution in [0, 0.1) is 0 Å². The molecule has 0 saturated carbocycles. The smallest absolute Gasteiger partial charge is 0.490 e. The number of rotatable bonds is 15. The van der Waals surface area contributed by atoms with Crippen molar-refractivity contribution in [2.45, 2.75) is 50.7 Å². The molecule has 3 aromatic heterocycles. The van der Waals surface area contributed by atoms with Crippen LogP contribution in [0.25, 0.3) is 5.82 Å². The zero-order valence-electron chi connectivity index (χ0n) is 26.8. The molecular weight excluding hydrogens is 751 g/mol. The summed E-state index contributed by atoms with van der Waals surface area (Å²) in [7, 11) is -5.27. The molecule has 0 bridgehead atoms. The lowest BCUT2D eigenvalue weighted by Crippen LogP contribution is -2.76. The fourth-order valence-corrected chi connectivity index (χ4v) is 4.99. The van der Waals surface area contributed by atoms with Crippen molar-refractivity contribution >= 4 is 56.3 Å². The first-order valence-corrected chi connectivity index (χ1v) is 16.5. The number of aromatic nitrogens is 4. The van der Waals surface area contributed by atoms with Gasteiger partial charge >= 0.3 is 18.1 Å². The average Bonchev–Trinajstić information content (AvgIpc) is 3.71. The number of aryl methyl sites for hydroxylation is 1. The molecule has 7 N–H and O–H groups in total. The van der Waals surface area contributed by atoms with E-state index in [0.717, 1.165) is 24.3 Å². The van der Waals surface area contributed by atoms with Crippen LogP contribution in [0.15, 0.2) is 47.6 Å². The summed E-state index contributed by atoms with van der Waals surface area (Å²) in [5, 5.41) is 24.5. The van der Waals surface area contributed by atoms with E-state index in [1.165, 1.54) is 25.4 Å². The van der Waals surface area contributed by atoms with Crippen LogP contribution < -0.4 is 26.1 Å². The maximum atomic E-state index is 13.2. The summed E-state index contributed by atoms with van der Waals surface area (Å²) in [6.45, 7) is 3.44. The molecule has 1 aliphatic heterocycles. The van der Waals surface area contributed by atoms with Crippen molar-refractivity contribution in [3.8, 4) is 11.6 Å².